The molecule has 3 nitrogen and oxygen atoms in total. The molecule has 1 aromatic rings. The molecule has 0 N–H and O–H groups in total. The number of likely N-dealkylation sites (tertiary alicyclic amines) is 1. The van der Waals surface area contributed by atoms with Crippen LogP contribution in [0.5, 0.6) is 0 Å². The van der Waals surface area contributed by atoms with Gasteiger partial charge in [-0.1, -0.05) is 13.0 Å². The highest BCUT2D eigenvalue weighted by atomic mass is 16.2. The summed E-state index contributed by atoms with van der Waals surface area (Å²) in [6.45, 7) is 3.71. The van der Waals surface area contributed by atoms with Gasteiger partial charge in [-0.25, -0.2) is 0 Å². The van der Waals surface area contributed by atoms with Crippen molar-refractivity contribution in [3.8, 4) is 0 Å². The third kappa shape index (κ3) is 2.40. The number of piperidine rings is 1. The SMILES string of the molecule is CCC(=O)N1CCCC(c2cccnc2)C1. The Morgan fingerprint density at radius 2 is 2.50 bits per heavy atom. The standard InChI is InChI=1S/C13H18N2O/c1-2-13(16)15-8-4-6-12(10-15)11-5-3-7-14-9-11/h3,5,7,9,12H,2,4,6,8,10H2,1H3. The Labute approximate surface area is 96.5 Å². The maximum absolute atomic E-state index is 11.7. The van der Waals surface area contributed by atoms with Gasteiger partial charge in [0.15, 0.2) is 0 Å². The van der Waals surface area contributed by atoms with Crippen LogP contribution in [0, 0.1) is 0 Å². The van der Waals surface area contributed by atoms with Crippen LogP contribution in [-0.2, 0) is 4.79 Å². The zero-order chi connectivity index (χ0) is 11.4. The highest BCUT2D eigenvalue weighted by Crippen LogP contribution is 2.26. The van der Waals surface area contributed by atoms with E-state index < -0.39 is 0 Å². The molecular weight excluding hydrogens is 200 g/mol. The van der Waals surface area contributed by atoms with Gasteiger partial charge in [-0.05, 0) is 24.5 Å². The van der Waals surface area contributed by atoms with E-state index in [4.69, 9.17) is 0 Å². The van der Waals surface area contributed by atoms with Crippen molar-refractivity contribution in [1.29, 1.82) is 0 Å². The fourth-order valence-corrected chi connectivity index (χ4v) is 2.32. The molecule has 0 aromatic carbocycles. The number of hydrogen-bond acceptors (Lipinski definition) is 2. The number of carbonyl (C=O) groups is 1. The largest absolute Gasteiger partial charge is 0.342 e. The summed E-state index contributed by atoms with van der Waals surface area (Å²) in [5, 5.41) is 0. The van der Waals surface area contributed by atoms with E-state index in [1.54, 1.807) is 6.20 Å². The van der Waals surface area contributed by atoms with Crippen LogP contribution >= 0.6 is 0 Å². The molecule has 0 saturated carbocycles. The molecule has 1 saturated heterocycles. The lowest BCUT2D eigenvalue weighted by molar-refractivity contribution is -0.132. The first kappa shape index (κ1) is 11.1. The second kappa shape index (κ2) is 5.10. The molecule has 0 radical (unpaired) electrons. The smallest absolute Gasteiger partial charge is 0.222 e. The summed E-state index contributed by atoms with van der Waals surface area (Å²) in [5.41, 5.74) is 1.26. The minimum absolute atomic E-state index is 0.272. The van der Waals surface area contributed by atoms with Crippen molar-refractivity contribution in [2.45, 2.75) is 32.1 Å². The predicted octanol–water partition coefficient (Wildman–Crippen LogP) is 2.20. The Balaban J connectivity index is 2.05. The fourth-order valence-electron chi connectivity index (χ4n) is 2.32. The Morgan fingerprint density at radius 1 is 1.62 bits per heavy atom. The Bertz CT molecular complexity index is 350. The molecule has 0 spiro atoms. The van der Waals surface area contributed by atoms with Gasteiger partial charge < -0.3 is 4.90 Å². The van der Waals surface area contributed by atoms with E-state index >= 15 is 0 Å². The minimum atomic E-state index is 0.272. The first-order chi connectivity index (χ1) is 7.81. The maximum atomic E-state index is 11.7. The fraction of sp³-hybridized carbons (Fsp3) is 0.538. The highest BCUT2D eigenvalue weighted by Gasteiger charge is 2.23. The van der Waals surface area contributed by atoms with E-state index in [0.29, 0.717) is 12.3 Å². The van der Waals surface area contributed by atoms with Gasteiger partial charge in [0.2, 0.25) is 5.91 Å². The molecular formula is C13H18N2O. The lowest BCUT2D eigenvalue weighted by atomic mass is 9.91. The lowest BCUT2D eigenvalue weighted by Crippen LogP contribution is -2.38. The van der Waals surface area contributed by atoms with Gasteiger partial charge in [0, 0.05) is 37.8 Å². The minimum Gasteiger partial charge on any atom is -0.342 e. The molecule has 1 amide bonds. The molecule has 3 heteroatoms. The number of hydrogen-bond donors (Lipinski definition) is 0. The molecule has 1 aliphatic heterocycles. The van der Waals surface area contributed by atoms with Gasteiger partial charge in [0.05, 0.1) is 0 Å². The summed E-state index contributed by atoms with van der Waals surface area (Å²) < 4.78 is 0. The Kier molecular flexibility index (Phi) is 3.54. The topological polar surface area (TPSA) is 33.2 Å². The van der Waals surface area contributed by atoms with E-state index in [1.807, 2.05) is 24.1 Å². The van der Waals surface area contributed by atoms with Gasteiger partial charge in [-0.2, -0.15) is 0 Å². The van der Waals surface area contributed by atoms with Gasteiger partial charge in [0.1, 0.15) is 0 Å². The number of pyridine rings is 1. The van der Waals surface area contributed by atoms with Crippen molar-refractivity contribution < 1.29 is 4.79 Å². The van der Waals surface area contributed by atoms with Gasteiger partial charge >= 0.3 is 0 Å². The number of rotatable bonds is 2. The summed E-state index contributed by atoms with van der Waals surface area (Å²) in [4.78, 5) is 17.8. The summed E-state index contributed by atoms with van der Waals surface area (Å²) in [7, 11) is 0. The number of aromatic nitrogens is 1. The Hall–Kier alpha value is -1.38. The summed E-state index contributed by atoms with van der Waals surface area (Å²) in [5.74, 6) is 0.742. The van der Waals surface area contributed by atoms with Crippen molar-refractivity contribution in [3.05, 3.63) is 30.1 Å². The quantitative estimate of drug-likeness (QED) is 0.762. The van der Waals surface area contributed by atoms with Crippen LogP contribution in [0.15, 0.2) is 24.5 Å². The first-order valence-corrected chi connectivity index (χ1v) is 5.99. The average Bonchev–Trinajstić information content (AvgIpc) is 2.39. The normalized spacial score (nSPS) is 20.8. The molecule has 1 atom stereocenters. The predicted molar refractivity (Wildman–Crippen MR) is 63.1 cm³/mol. The van der Waals surface area contributed by atoms with Crippen LogP contribution in [-0.4, -0.2) is 28.9 Å². The molecule has 0 bridgehead atoms. The van der Waals surface area contributed by atoms with Crippen LogP contribution < -0.4 is 0 Å². The molecule has 1 fully saturated rings. The first-order valence-electron chi connectivity index (χ1n) is 5.99. The van der Waals surface area contributed by atoms with Gasteiger partial charge in [-0.3, -0.25) is 9.78 Å². The van der Waals surface area contributed by atoms with Crippen molar-refractivity contribution in [2.24, 2.45) is 0 Å². The highest BCUT2D eigenvalue weighted by molar-refractivity contribution is 5.76. The average molecular weight is 218 g/mol. The molecule has 1 aromatic heterocycles. The second-order valence-electron chi connectivity index (χ2n) is 4.32. The number of nitrogens with zero attached hydrogens (tertiary/aromatic N) is 2. The third-order valence-electron chi connectivity index (χ3n) is 3.23. The Morgan fingerprint density at radius 3 is 3.19 bits per heavy atom. The van der Waals surface area contributed by atoms with E-state index in [2.05, 4.69) is 11.1 Å². The molecule has 1 aliphatic rings. The lowest BCUT2D eigenvalue weighted by Gasteiger charge is -2.32. The molecule has 16 heavy (non-hydrogen) atoms. The van der Waals surface area contributed by atoms with Crippen molar-refractivity contribution in [1.82, 2.24) is 9.88 Å². The van der Waals surface area contributed by atoms with Gasteiger partial charge in [-0.15, -0.1) is 0 Å². The molecule has 2 heterocycles. The van der Waals surface area contributed by atoms with Crippen LogP contribution in [0.1, 0.15) is 37.7 Å². The zero-order valence-electron chi connectivity index (χ0n) is 9.72. The molecule has 2 rings (SSSR count). The summed E-state index contributed by atoms with van der Waals surface area (Å²) in [6.07, 6.45) is 6.59. The van der Waals surface area contributed by atoms with E-state index in [0.717, 1.165) is 19.5 Å². The number of carbonyl (C=O) groups excluding carboxylic acids is 1. The molecule has 86 valence electrons. The summed E-state index contributed by atoms with van der Waals surface area (Å²) in [6, 6.07) is 4.08. The molecule has 1 unspecified atom stereocenters. The number of amides is 1. The van der Waals surface area contributed by atoms with Crippen LogP contribution in [0.2, 0.25) is 0 Å². The van der Waals surface area contributed by atoms with E-state index in [9.17, 15) is 4.79 Å². The maximum Gasteiger partial charge on any atom is 0.222 e. The summed E-state index contributed by atoms with van der Waals surface area (Å²) >= 11 is 0. The van der Waals surface area contributed by atoms with Crippen molar-refractivity contribution >= 4 is 5.91 Å². The van der Waals surface area contributed by atoms with Crippen molar-refractivity contribution in [3.63, 3.8) is 0 Å². The van der Waals surface area contributed by atoms with Crippen LogP contribution in [0.25, 0.3) is 0 Å². The van der Waals surface area contributed by atoms with Gasteiger partial charge in [0.25, 0.3) is 0 Å². The van der Waals surface area contributed by atoms with E-state index in [1.165, 1.54) is 12.0 Å². The van der Waals surface area contributed by atoms with Crippen LogP contribution in [0.4, 0.5) is 0 Å². The molecule has 0 aliphatic carbocycles. The van der Waals surface area contributed by atoms with E-state index in [-0.39, 0.29) is 5.91 Å². The second-order valence-corrected chi connectivity index (χ2v) is 4.32. The monoisotopic (exact) mass is 218 g/mol. The zero-order valence-corrected chi connectivity index (χ0v) is 9.72. The van der Waals surface area contributed by atoms with Crippen LogP contribution in [0.3, 0.4) is 0 Å². The van der Waals surface area contributed by atoms with Crippen molar-refractivity contribution in [2.75, 3.05) is 13.1 Å². The third-order valence-corrected chi connectivity index (χ3v) is 3.23.